The van der Waals surface area contributed by atoms with Gasteiger partial charge >= 0.3 is 0 Å². The van der Waals surface area contributed by atoms with Crippen LogP contribution in [-0.2, 0) is 13.0 Å². The molecule has 0 spiro atoms. The number of hydrogen-bond donors (Lipinski definition) is 1. The first-order valence-electron chi connectivity index (χ1n) is 7.80. The molecule has 0 radical (unpaired) electrons. The van der Waals surface area contributed by atoms with Crippen LogP contribution in [0.3, 0.4) is 0 Å². The molecule has 1 unspecified atom stereocenters. The van der Waals surface area contributed by atoms with Crippen molar-refractivity contribution in [2.75, 3.05) is 0 Å². The number of hydrogen-bond acceptors (Lipinski definition) is 1. The Bertz CT molecular complexity index is 613. The molecule has 0 saturated heterocycles. The first kappa shape index (κ1) is 12.2. The summed E-state index contributed by atoms with van der Waals surface area (Å²) in [6.07, 6.45) is 5.22. The molecule has 1 fully saturated rings. The van der Waals surface area contributed by atoms with Crippen molar-refractivity contribution in [3.63, 3.8) is 0 Å². The Hall–Kier alpha value is -1.60. The van der Waals surface area contributed by atoms with Crippen LogP contribution in [0.4, 0.5) is 0 Å². The predicted octanol–water partition coefficient (Wildman–Crippen LogP) is 4.34. The summed E-state index contributed by atoms with van der Waals surface area (Å²) in [7, 11) is 0. The third-order valence-corrected chi connectivity index (χ3v) is 4.69. The number of rotatable bonds is 4. The van der Waals surface area contributed by atoms with E-state index in [0.717, 1.165) is 12.5 Å². The molecule has 2 aromatic rings. The van der Waals surface area contributed by atoms with Crippen LogP contribution < -0.4 is 5.32 Å². The van der Waals surface area contributed by atoms with E-state index in [-0.39, 0.29) is 0 Å². The summed E-state index contributed by atoms with van der Waals surface area (Å²) < 4.78 is 0. The average Bonchev–Trinajstić information content (AvgIpc) is 3.27. The van der Waals surface area contributed by atoms with E-state index in [1.165, 1.54) is 47.9 Å². The monoisotopic (exact) mass is 263 g/mol. The molecular formula is C19H21N. The van der Waals surface area contributed by atoms with E-state index in [2.05, 4.69) is 53.8 Å². The van der Waals surface area contributed by atoms with E-state index in [9.17, 15) is 0 Å². The van der Waals surface area contributed by atoms with E-state index in [1.807, 2.05) is 0 Å². The summed E-state index contributed by atoms with van der Waals surface area (Å²) in [5, 5.41) is 3.74. The van der Waals surface area contributed by atoms with Crippen molar-refractivity contribution in [1.82, 2.24) is 5.32 Å². The Kier molecular flexibility index (Phi) is 3.08. The quantitative estimate of drug-likeness (QED) is 0.865. The van der Waals surface area contributed by atoms with Gasteiger partial charge in [0, 0.05) is 12.6 Å². The van der Waals surface area contributed by atoms with Crippen LogP contribution in [0.5, 0.6) is 0 Å². The molecule has 0 heterocycles. The highest BCUT2D eigenvalue weighted by Crippen LogP contribution is 2.40. The zero-order valence-corrected chi connectivity index (χ0v) is 11.8. The summed E-state index contributed by atoms with van der Waals surface area (Å²) in [5.41, 5.74) is 6.00. The molecule has 2 aliphatic carbocycles. The molecule has 2 aliphatic rings. The summed E-state index contributed by atoms with van der Waals surface area (Å²) in [6, 6.07) is 18.5. The lowest BCUT2D eigenvalue weighted by molar-refractivity contribution is 0.530. The fraction of sp³-hybridized carbons (Fsp3) is 0.368. The molecule has 1 atom stereocenters. The Morgan fingerprint density at radius 2 is 1.85 bits per heavy atom. The number of nitrogens with one attached hydrogen (secondary N) is 1. The molecule has 1 saturated carbocycles. The van der Waals surface area contributed by atoms with Gasteiger partial charge in [0.25, 0.3) is 0 Å². The lowest BCUT2D eigenvalue weighted by Crippen LogP contribution is -2.18. The predicted molar refractivity (Wildman–Crippen MR) is 82.8 cm³/mol. The molecule has 0 aromatic heterocycles. The van der Waals surface area contributed by atoms with Gasteiger partial charge in [-0.3, -0.25) is 0 Å². The second-order valence-corrected chi connectivity index (χ2v) is 6.19. The molecule has 0 aliphatic heterocycles. The average molecular weight is 263 g/mol. The lowest BCUT2D eigenvalue weighted by atomic mass is 10.1. The number of fused-ring (bicyclic) bond motifs is 1. The fourth-order valence-corrected chi connectivity index (χ4v) is 3.38. The van der Waals surface area contributed by atoms with E-state index >= 15 is 0 Å². The van der Waals surface area contributed by atoms with Gasteiger partial charge in [0.1, 0.15) is 0 Å². The van der Waals surface area contributed by atoms with Crippen LogP contribution in [0.2, 0.25) is 0 Å². The fourth-order valence-electron chi connectivity index (χ4n) is 3.38. The first-order chi connectivity index (χ1) is 9.90. The van der Waals surface area contributed by atoms with Crippen molar-refractivity contribution in [2.24, 2.45) is 0 Å². The van der Waals surface area contributed by atoms with Gasteiger partial charge in [0.2, 0.25) is 0 Å². The van der Waals surface area contributed by atoms with Gasteiger partial charge in [0.05, 0.1) is 0 Å². The van der Waals surface area contributed by atoms with Crippen molar-refractivity contribution >= 4 is 0 Å². The Morgan fingerprint density at radius 1 is 0.950 bits per heavy atom. The largest absolute Gasteiger partial charge is 0.306 e. The van der Waals surface area contributed by atoms with E-state index in [4.69, 9.17) is 0 Å². The van der Waals surface area contributed by atoms with Crippen molar-refractivity contribution in [1.29, 1.82) is 0 Å². The van der Waals surface area contributed by atoms with Gasteiger partial charge in [-0.05, 0) is 53.9 Å². The zero-order chi connectivity index (χ0) is 13.4. The maximum absolute atomic E-state index is 3.74. The van der Waals surface area contributed by atoms with Gasteiger partial charge in [0.15, 0.2) is 0 Å². The van der Waals surface area contributed by atoms with Gasteiger partial charge in [-0.25, -0.2) is 0 Å². The summed E-state index contributed by atoms with van der Waals surface area (Å²) in [6.45, 7) is 0.986. The van der Waals surface area contributed by atoms with E-state index in [1.54, 1.807) is 0 Å². The minimum atomic E-state index is 0.538. The maximum Gasteiger partial charge on any atom is 0.0329 e. The summed E-state index contributed by atoms with van der Waals surface area (Å²) in [5.74, 6) is 0.849. The van der Waals surface area contributed by atoms with Gasteiger partial charge < -0.3 is 5.32 Å². The molecule has 1 nitrogen and oxygen atoms in total. The minimum Gasteiger partial charge on any atom is -0.306 e. The van der Waals surface area contributed by atoms with E-state index < -0.39 is 0 Å². The normalized spacial score (nSPS) is 20.9. The topological polar surface area (TPSA) is 12.0 Å². The van der Waals surface area contributed by atoms with Gasteiger partial charge in [-0.1, -0.05) is 48.5 Å². The standard InChI is InChI=1S/C19H21N/c1-2-7-18-16(5-1)10-11-19(18)20-13-14-4-3-6-17(12-14)15-8-9-15/h1-7,12,15,19-20H,8-11,13H2. The summed E-state index contributed by atoms with van der Waals surface area (Å²) >= 11 is 0. The molecule has 0 amide bonds. The molecule has 1 N–H and O–H groups in total. The van der Waals surface area contributed by atoms with Crippen LogP contribution in [-0.4, -0.2) is 0 Å². The molecule has 4 rings (SSSR count). The third kappa shape index (κ3) is 2.38. The van der Waals surface area contributed by atoms with Crippen molar-refractivity contribution in [3.8, 4) is 0 Å². The Morgan fingerprint density at radius 3 is 2.75 bits per heavy atom. The van der Waals surface area contributed by atoms with Crippen LogP contribution >= 0.6 is 0 Å². The Labute approximate surface area is 121 Å². The molecule has 0 bridgehead atoms. The van der Waals surface area contributed by atoms with Crippen LogP contribution in [0, 0.1) is 0 Å². The highest BCUT2D eigenvalue weighted by molar-refractivity contribution is 5.35. The summed E-state index contributed by atoms with van der Waals surface area (Å²) in [4.78, 5) is 0. The number of aryl methyl sites for hydroxylation is 1. The highest BCUT2D eigenvalue weighted by atomic mass is 14.9. The Balaban J connectivity index is 1.45. The third-order valence-electron chi connectivity index (χ3n) is 4.69. The maximum atomic E-state index is 3.74. The lowest BCUT2D eigenvalue weighted by Gasteiger charge is -2.14. The van der Waals surface area contributed by atoms with Crippen LogP contribution in [0.15, 0.2) is 48.5 Å². The molecular weight excluding hydrogens is 242 g/mol. The second-order valence-electron chi connectivity index (χ2n) is 6.19. The van der Waals surface area contributed by atoms with E-state index in [0.29, 0.717) is 6.04 Å². The highest BCUT2D eigenvalue weighted by Gasteiger charge is 2.24. The smallest absolute Gasteiger partial charge is 0.0329 e. The first-order valence-corrected chi connectivity index (χ1v) is 7.80. The van der Waals surface area contributed by atoms with Gasteiger partial charge in [-0.15, -0.1) is 0 Å². The molecule has 20 heavy (non-hydrogen) atoms. The number of benzene rings is 2. The van der Waals surface area contributed by atoms with Crippen LogP contribution in [0.25, 0.3) is 0 Å². The minimum absolute atomic E-state index is 0.538. The zero-order valence-electron chi connectivity index (χ0n) is 11.8. The molecule has 102 valence electrons. The SMILES string of the molecule is c1cc(CNC2CCc3ccccc32)cc(C2CC2)c1. The van der Waals surface area contributed by atoms with Crippen molar-refractivity contribution in [2.45, 2.75) is 44.2 Å². The molecule has 1 heteroatoms. The second kappa shape index (κ2) is 5.06. The molecule has 2 aromatic carbocycles. The van der Waals surface area contributed by atoms with Gasteiger partial charge in [-0.2, -0.15) is 0 Å². The van der Waals surface area contributed by atoms with Crippen molar-refractivity contribution < 1.29 is 0 Å². The van der Waals surface area contributed by atoms with Crippen molar-refractivity contribution in [3.05, 3.63) is 70.8 Å². The van der Waals surface area contributed by atoms with Crippen LogP contribution in [0.1, 0.15) is 53.5 Å².